The third kappa shape index (κ3) is 14.9. The maximum absolute atomic E-state index is 13.3. The Balaban J connectivity index is 0.000000202. The molecule has 0 spiro atoms. The summed E-state index contributed by atoms with van der Waals surface area (Å²) in [7, 11) is 0. The van der Waals surface area contributed by atoms with Crippen LogP contribution in [0.4, 0.5) is 44.2 Å². The number of fused-ring (bicyclic) bond motifs is 2. The lowest BCUT2D eigenvalue weighted by Crippen LogP contribution is -2.21. The maximum atomic E-state index is 13.3. The Hall–Kier alpha value is -10.0. The molecule has 0 radical (unpaired) electrons. The van der Waals surface area contributed by atoms with E-state index in [-0.39, 0.29) is 28.8 Å². The number of rotatable bonds is 16. The molecule has 10 rings (SSSR count). The number of ether oxygens (including phenoxy) is 2. The first-order chi connectivity index (χ1) is 40.3. The van der Waals surface area contributed by atoms with E-state index in [0.717, 1.165) is 72.3 Å². The fourth-order valence-electron chi connectivity index (χ4n) is 9.13. The van der Waals surface area contributed by atoms with Crippen LogP contribution in [0.2, 0.25) is 0 Å². The van der Waals surface area contributed by atoms with Crippen molar-refractivity contribution in [2.24, 2.45) is 0 Å². The normalized spacial score (nSPS) is 11.3. The summed E-state index contributed by atoms with van der Waals surface area (Å²) in [5, 5.41) is 28.0. The van der Waals surface area contributed by atoms with Crippen LogP contribution in [-0.4, -0.2) is 60.7 Å². The van der Waals surface area contributed by atoms with Gasteiger partial charge in [0.05, 0.1) is 47.4 Å². The predicted molar refractivity (Wildman–Crippen MR) is 337 cm³/mol. The highest BCUT2D eigenvalue weighted by Gasteiger charge is 2.24. The van der Waals surface area contributed by atoms with Crippen molar-refractivity contribution in [1.82, 2.24) is 29.5 Å². The van der Waals surface area contributed by atoms with Gasteiger partial charge in [0.1, 0.15) is 34.8 Å². The van der Waals surface area contributed by atoms with Crippen molar-refractivity contribution in [2.45, 2.75) is 92.4 Å². The van der Waals surface area contributed by atoms with E-state index in [2.05, 4.69) is 78.1 Å². The summed E-state index contributed by atoms with van der Waals surface area (Å²) in [4.78, 5) is 46.5. The molecule has 6 aromatic carbocycles. The van der Waals surface area contributed by atoms with Crippen molar-refractivity contribution in [3.8, 4) is 22.9 Å². The molecule has 0 saturated heterocycles. The van der Waals surface area contributed by atoms with Crippen LogP contribution in [0.3, 0.4) is 0 Å². The van der Waals surface area contributed by atoms with Gasteiger partial charge in [0, 0.05) is 76.2 Å². The summed E-state index contributed by atoms with van der Waals surface area (Å²) in [6.07, 6.45) is 5.11. The number of hydrogen-bond acceptors (Lipinski definition) is 10. The van der Waals surface area contributed by atoms with Crippen LogP contribution in [0.5, 0.6) is 11.5 Å². The van der Waals surface area contributed by atoms with E-state index in [4.69, 9.17) is 25.4 Å². The number of nitrogen functional groups attached to an aromatic ring is 1. The summed E-state index contributed by atoms with van der Waals surface area (Å²) < 4.78 is 15.8. The van der Waals surface area contributed by atoms with Crippen molar-refractivity contribution in [3.63, 3.8) is 0 Å². The van der Waals surface area contributed by atoms with E-state index >= 15 is 0 Å². The van der Waals surface area contributed by atoms with Crippen molar-refractivity contribution in [2.75, 3.05) is 45.5 Å². The zero-order chi connectivity index (χ0) is 59.5. The predicted octanol–water partition coefficient (Wildman–Crippen LogP) is 14.5. The molecule has 5 amide bonds. The van der Waals surface area contributed by atoms with Crippen LogP contribution < -0.4 is 41.8 Å². The molecular formula is C67H72N12O5. The third-order valence-corrected chi connectivity index (χ3v) is 13.8. The molecule has 7 N–H and O–H groups in total. The number of nitrogens with two attached hydrogens (primary N) is 1. The molecule has 84 heavy (non-hydrogen) atoms. The summed E-state index contributed by atoms with van der Waals surface area (Å²) in [6.45, 7) is 19.4. The molecule has 0 aliphatic heterocycles. The van der Waals surface area contributed by atoms with E-state index in [1.54, 1.807) is 28.7 Å². The SMILES string of the molecule is CCC(=O)Nc1cc(CCOc2ccc(NC(=O)Nc3cc(C(C)(C)C)nn3-c3ccc(C)cc3)c3ccccc23)ccn1.Cc1ccc(-n2nc(C(C)(C)C)cc2NC(=O)Nc2ccc(OCCc3ccnc(N)c3)c3ccccc23)cc1. The highest BCUT2D eigenvalue weighted by Crippen LogP contribution is 2.35. The van der Waals surface area contributed by atoms with Gasteiger partial charge in [-0.25, -0.2) is 28.9 Å². The zero-order valence-corrected chi connectivity index (χ0v) is 49.0. The first-order valence-corrected chi connectivity index (χ1v) is 28.0. The van der Waals surface area contributed by atoms with Gasteiger partial charge in [-0.3, -0.25) is 15.4 Å². The van der Waals surface area contributed by atoms with Gasteiger partial charge in [0.25, 0.3) is 0 Å². The topological polar surface area (TPSA) is 217 Å². The molecule has 17 heteroatoms. The van der Waals surface area contributed by atoms with E-state index < -0.39 is 0 Å². The van der Waals surface area contributed by atoms with E-state index in [1.807, 2.05) is 172 Å². The molecule has 0 aliphatic rings. The molecule has 4 aromatic heterocycles. The standard InChI is InChI=1S/C35H38N6O3.C32H34N6O2/c1-6-33(42)38-31-21-24(17-19-36-31)18-20-44-29-16-15-28(26-9-7-8-10-27(26)29)37-34(43)39-32-22-30(35(3,4)5)40-41(32)25-13-11-23(2)12-14-25;1-21-9-11-23(12-10-21)38-30(20-28(37-38)32(2,3)4)36-31(39)35-26-13-14-27(25-8-6-5-7-24(25)26)40-18-16-22-15-17-34-29(33)19-22/h7-17,19,21-22H,6,18,20H2,1-5H3,(H,36,38,42)(H2,37,39,43);5-15,17,19-20H,16,18H2,1-4H3,(H2,33,34)(H2,35,36,39). The number of anilines is 6. The van der Waals surface area contributed by atoms with Crippen LogP contribution >= 0.6 is 0 Å². The van der Waals surface area contributed by atoms with Gasteiger partial charge in [-0.1, -0.05) is 132 Å². The van der Waals surface area contributed by atoms with Gasteiger partial charge < -0.3 is 31.2 Å². The molecule has 0 fully saturated rings. The molecule has 0 saturated carbocycles. The van der Waals surface area contributed by atoms with Crippen molar-refractivity contribution >= 4 is 74.2 Å². The minimum absolute atomic E-state index is 0.0775. The molecule has 10 aromatic rings. The summed E-state index contributed by atoms with van der Waals surface area (Å²) >= 11 is 0. The lowest BCUT2D eigenvalue weighted by atomic mass is 9.92. The van der Waals surface area contributed by atoms with Crippen LogP contribution in [0, 0.1) is 13.8 Å². The Bertz CT molecular complexity index is 3950. The Morgan fingerprint density at radius 2 is 0.929 bits per heavy atom. The summed E-state index contributed by atoms with van der Waals surface area (Å²) in [5.74, 6) is 3.58. The Labute approximate surface area is 490 Å². The van der Waals surface area contributed by atoms with Gasteiger partial charge >= 0.3 is 12.1 Å². The monoisotopic (exact) mass is 1120 g/mol. The average molecular weight is 1130 g/mol. The van der Waals surface area contributed by atoms with Crippen LogP contribution in [0.25, 0.3) is 32.9 Å². The lowest BCUT2D eigenvalue weighted by Gasteiger charge is -2.14. The number of aryl methyl sites for hydroxylation is 2. The van der Waals surface area contributed by atoms with Crippen molar-refractivity contribution in [3.05, 3.63) is 204 Å². The van der Waals surface area contributed by atoms with E-state index in [9.17, 15) is 14.4 Å². The molecule has 430 valence electrons. The van der Waals surface area contributed by atoms with Crippen LogP contribution in [-0.2, 0) is 28.5 Å². The minimum Gasteiger partial charge on any atom is -0.493 e. The van der Waals surface area contributed by atoms with Crippen molar-refractivity contribution < 1.29 is 23.9 Å². The third-order valence-electron chi connectivity index (χ3n) is 13.8. The quantitative estimate of drug-likeness (QED) is 0.0538. The molecular weight excluding hydrogens is 1050 g/mol. The average Bonchev–Trinajstić information content (AvgIpc) is 2.53. The first-order valence-electron chi connectivity index (χ1n) is 28.0. The Morgan fingerprint density at radius 1 is 0.500 bits per heavy atom. The largest absolute Gasteiger partial charge is 0.493 e. The van der Waals surface area contributed by atoms with Gasteiger partial charge in [-0.2, -0.15) is 10.2 Å². The van der Waals surface area contributed by atoms with Gasteiger partial charge in [-0.05, 0) is 97.8 Å². The number of nitrogens with zero attached hydrogens (tertiary/aromatic N) is 6. The first kappa shape index (κ1) is 58.6. The molecule has 17 nitrogen and oxygen atoms in total. The second kappa shape index (κ2) is 25.8. The van der Waals surface area contributed by atoms with Crippen molar-refractivity contribution in [1.29, 1.82) is 0 Å². The van der Waals surface area contributed by atoms with E-state index in [0.29, 0.717) is 72.9 Å². The molecule has 0 unspecified atom stereocenters. The molecule has 0 atom stereocenters. The van der Waals surface area contributed by atoms with Crippen LogP contribution in [0.15, 0.2) is 170 Å². The van der Waals surface area contributed by atoms with Gasteiger partial charge in [0.2, 0.25) is 5.91 Å². The Morgan fingerprint density at radius 3 is 1.36 bits per heavy atom. The maximum Gasteiger partial charge on any atom is 0.324 e. The molecule has 4 heterocycles. The van der Waals surface area contributed by atoms with Gasteiger partial charge in [0.15, 0.2) is 0 Å². The molecule has 0 bridgehead atoms. The number of nitrogens with one attached hydrogen (secondary N) is 5. The van der Waals surface area contributed by atoms with E-state index in [1.165, 1.54) is 0 Å². The van der Waals surface area contributed by atoms with Gasteiger partial charge in [-0.15, -0.1) is 0 Å². The number of aromatic nitrogens is 6. The smallest absolute Gasteiger partial charge is 0.324 e. The fraction of sp³-hybridized carbons (Fsp3) is 0.239. The number of urea groups is 2. The number of carbonyl (C=O) groups excluding carboxylic acids is 3. The lowest BCUT2D eigenvalue weighted by molar-refractivity contribution is -0.115. The second-order valence-corrected chi connectivity index (χ2v) is 22.5. The highest BCUT2D eigenvalue weighted by atomic mass is 16.5. The summed E-state index contributed by atoms with van der Waals surface area (Å²) in [6, 6.07) is 49.8. The highest BCUT2D eigenvalue weighted by molar-refractivity contribution is 6.08. The number of amides is 5. The Kier molecular flexibility index (Phi) is 18.0. The number of carbonyl (C=O) groups is 3. The number of pyridine rings is 2. The minimum atomic E-state index is -0.374. The second-order valence-electron chi connectivity index (χ2n) is 22.5. The van der Waals surface area contributed by atoms with Crippen LogP contribution in [0.1, 0.15) is 88.5 Å². The number of benzene rings is 6. The fourth-order valence-corrected chi connectivity index (χ4v) is 9.13. The zero-order valence-electron chi connectivity index (χ0n) is 49.0. The number of hydrogen-bond donors (Lipinski definition) is 6. The summed E-state index contributed by atoms with van der Waals surface area (Å²) in [5.41, 5.74) is 14.6. The molecule has 0 aliphatic carbocycles.